The molecule has 0 fully saturated rings. The van der Waals surface area contributed by atoms with Crippen LogP contribution in [0.4, 0.5) is 5.69 Å². The number of carbonyl (C=O) groups is 1. The van der Waals surface area contributed by atoms with E-state index < -0.39 is 0 Å². The Kier molecular flexibility index (Phi) is 6.40. The standard InChI is InChI=1S/C17H20BrN3O/c1-2-21(16-7-4-3-5-8-16)10-6-9-20-17(22)14-11-15(18)13-19-12-14/h3-5,7-8,11-13H,2,6,9-10H2,1H3,(H,20,22). The van der Waals surface area contributed by atoms with E-state index >= 15 is 0 Å². The molecule has 5 heteroatoms. The summed E-state index contributed by atoms with van der Waals surface area (Å²) in [5.41, 5.74) is 1.79. The maximum atomic E-state index is 12.0. The van der Waals surface area contributed by atoms with E-state index in [1.165, 1.54) is 5.69 Å². The van der Waals surface area contributed by atoms with Gasteiger partial charge in [0, 0.05) is 42.2 Å². The van der Waals surface area contributed by atoms with E-state index in [1.807, 2.05) is 18.2 Å². The van der Waals surface area contributed by atoms with E-state index in [9.17, 15) is 4.79 Å². The molecule has 1 N–H and O–H groups in total. The normalized spacial score (nSPS) is 10.3. The van der Waals surface area contributed by atoms with Crippen LogP contribution in [0.1, 0.15) is 23.7 Å². The van der Waals surface area contributed by atoms with Crippen LogP contribution in [0.25, 0.3) is 0 Å². The van der Waals surface area contributed by atoms with Crippen LogP contribution >= 0.6 is 15.9 Å². The second-order valence-corrected chi connectivity index (χ2v) is 5.83. The van der Waals surface area contributed by atoms with Gasteiger partial charge in [0.2, 0.25) is 0 Å². The van der Waals surface area contributed by atoms with E-state index in [1.54, 1.807) is 18.5 Å². The van der Waals surface area contributed by atoms with Crippen LogP contribution < -0.4 is 10.2 Å². The van der Waals surface area contributed by atoms with E-state index in [-0.39, 0.29) is 5.91 Å². The van der Waals surface area contributed by atoms with Gasteiger partial charge in [-0.05, 0) is 47.5 Å². The molecule has 0 aliphatic carbocycles. The topological polar surface area (TPSA) is 45.2 Å². The number of nitrogens with zero attached hydrogens (tertiary/aromatic N) is 2. The first-order valence-corrected chi connectivity index (χ1v) is 8.18. The van der Waals surface area contributed by atoms with Crippen LogP contribution in [0.5, 0.6) is 0 Å². The minimum absolute atomic E-state index is 0.0865. The number of benzene rings is 1. The molecule has 0 atom stereocenters. The van der Waals surface area contributed by atoms with Crippen molar-refractivity contribution in [3.63, 3.8) is 0 Å². The number of hydrogen-bond donors (Lipinski definition) is 1. The van der Waals surface area contributed by atoms with Gasteiger partial charge in [0.05, 0.1) is 5.56 Å². The number of halogens is 1. The van der Waals surface area contributed by atoms with E-state index in [0.717, 1.165) is 24.0 Å². The average Bonchev–Trinajstić information content (AvgIpc) is 2.55. The Morgan fingerprint density at radius 1 is 1.27 bits per heavy atom. The summed E-state index contributed by atoms with van der Waals surface area (Å²) in [6.07, 6.45) is 4.13. The van der Waals surface area contributed by atoms with Crippen molar-refractivity contribution < 1.29 is 4.79 Å². The van der Waals surface area contributed by atoms with Gasteiger partial charge in [0.1, 0.15) is 0 Å². The quantitative estimate of drug-likeness (QED) is 0.767. The molecule has 22 heavy (non-hydrogen) atoms. The number of nitrogens with one attached hydrogen (secondary N) is 1. The van der Waals surface area contributed by atoms with E-state index in [2.05, 4.69) is 50.2 Å². The Morgan fingerprint density at radius 2 is 2.05 bits per heavy atom. The highest BCUT2D eigenvalue weighted by Crippen LogP contribution is 2.13. The van der Waals surface area contributed by atoms with Crippen LogP contribution in [0.15, 0.2) is 53.3 Å². The van der Waals surface area contributed by atoms with Crippen molar-refractivity contribution in [3.05, 3.63) is 58.8 Å². The predicted molar refractivity (Wildman–Crippen MR) is 93.2 cm³/mol. The number of hydrogen-bond acceptors (Lipinski definition) is 3. The zero-order valence-corrected chi connectivity index (χ0v) is 14.2. The fraction of sp³-hybridized carbons (Fsp3) is 0.294. The Hall–Kier alpha value is -1.88. The first kappa shape index (κ1) is 16.5. The minimum atomic E-state index is -0.0865. The first-order chi connectivity index (χ1) is 10.7. The number of pyridine rings is 1. The lowest BCUT2D eigenvalue weighted by atomic mass is 10.2. The number of rotatable bonds is 7. The SMILES string of the molecule is CCN(CCCNC(=O)c1cncc(Br)c1)c1ccccc1. The lowest BCUT2D eigenvalue weighted by Gasteiger charge is -2.23. The molecule has 0 saturated heterocycles. The molecule has 2 aromatic rings. The Balaban J connectivity index is 1.78. The van der Waals surface area contributed by atoms with E-state index in [4.69, 9.17) is 0 Å². The fourth-order valence-electron chi connectivity index (χ4n) is 2.22. The third-order valence-corrected chi connectivity index (χ3v) is 3.79. The first-order valence-electron chi connectivity index (χ1n) is 7.39. The van der Waals surface area contributed by atoms with Gasteiger partial charge < -0.3 is 10.2 Å². The molecule has 0 saturated carbocycles. The van der Waals surface area contributed by atoms with Crippen LogP contribution in [-0.4, -0.2) is 30.5 Å². The Morgan fingerprint density at radius 3 is 2.73 bits per heavy atom. The van der Waals surface area contributed by atoms with Gasteiger partial charge in [0.25, 0.3) is 5.91 Å². The highest BCUT2D eigenvalue weighted by molar-refractivity contribution is 9.10. The third-order valence-electron chi connectivity index (χ3n) is 3.36. The van der Waals surface area contributed by atoms with Gasteiger partial charge in [-0.15, -0.1) is 0 Å². The predicted octanol–water partition coefficient (Wildman–Crippen LogP) is 3.49. The zero-order chi connectivity index (χ0) is 15.8. The molecule has 0 aliphatic heterocycles. The van der Waals surface area contributed by atoms with Crippen molar-refractivity contribution in [2.75, 3.05) is 24.5 Å². The van der Waals surface area contributed by atoms with Gasteiger partial charge in [0.15, 0.2) is 0 Å². The molecule has 1 aromatic heterocycles. The van der Waals surface area contributed by atoms with Gasteiger partial charge >= 0.3 is 0 Å². The van der Waals surface area contributed by atoms with Crippen molar-refractivity contribution in [1.29, 1.82) is 0 Å². The van der Waals surface area contributed by atoms with Crippen molar-refractivity contribution >= 4 is 27.5 Å². The van der Waals surface area contributed by atoms with Crippen molar-refractivity contribution in [1.82, 2.24) is 10.3 Å². The second-order valence-electron chi connectivity index (χ2n) is 4.92. The molecule has 1 aromatic carbocycles. The summed E-state index contributed by atoms with van der Waals surface area (Å²) in [6.45, 7) is 4.65. The maximum absolute atomic E-state index is 12.0. The van der Waals surface area contributed by atoms with Gasteiger partial charge in [-0.3, -0.25) is 9.78 Å². The summed E-state index contributed by atoms with van der Waals surface area (Å²) in [5, 5.41) is 2.93. The molecule has 116 valence electrons. The summed E-state index contributed by atoms with van der Waals surface area (Å²) in [7, 11) is 0. The average molecular weight is 362 g/mol. The number of carbonyl (C=O) groups excluding carboxylic acids is 1. The molecule has 0 bridgehead atoms. The molecule has 1 heterocycles. The summed E-state index contributed by atoms with van der Waals surface area (Å²) in [6, 6.07) is 12.1. The van der Waals surface area contributed by atoms with Crippen molar-refractivity contribution in [3.8, 4) is 0 Å². The Labute approximate surface area is 139 Å². The number of anilines is 1. The highest BCUT2D eigenvalue weighted by Gasteiger charge is 2.07. The number of para-hydroxylation sites is 1. The molecule has 0 spiro atoms. The summed E-state index contributed by atoms with van der Waals surface area (Å²) >= 11 is 3.32. The summed E-state index contributed by atoms with van der Waals surface area (Å²) in [5.74, 6) is -0.0865. The number of amides is 1. The van der Waals surface area contributed by atoms with Crippen LogP contribution in [0, 0.1) is 0 Å². The molecule has 0 radical (unpaired) electrons. The van der Waals surface area contributed by atoms with Crippen molar-refractivity contribution in [2.24, 2.45) is 0 Å². The summed E-state index contributed by atoms with van der Waals surface area (Å²) in [4.78, 5) is 18.3. The van der Waals surface area contributed by atoms with Crippen LogP contribution in [0.2, 0.25) is 0 Å². The van der Waals surface area contributed by atoms with Crippen LogP contribution in [-0.2, 0) is 0 Å². The van der Waals surface area contributed by atoms with Crippen molar-refractivity contribution in [2.45, 2.75) is 13.3 Å². The third kappa shape index (κ3) is 4.84. The smallest absolute Gasteiger partial charge is 0.252 e. The summed E-state index contributed by atoms with van der Waals surface area (Å²) < 4.78 is 0.807. The van der Waals surface area contributed by atoms with Gasteiger partial charge in [-0.2, -0.15) is 0 Å². The maximum Gasteiger partial charge on any atom is 0.252 e. The fourth-order valence-corrected chi connectivity index (χ4v) is 2.58. The highest BCUT2D eigenvalue weighted by atomic mass is 79.9. The Bertz CT molecular complexity index is 604. The van der Waals surface area contributed by atoms with Crippen LogP contribution in [0.3, 0.4) is 0 Å². The monoisotopic (exact) mass is 361 g/mol. The van der Waals surface area contributed by atoms with E-state index in [0.29, 0.717) is 12.1 Å². The lowest BCUT2D eigenvalue weighted by Crippen LogP contribution is -2.30. The molecule has 2 rings (SSSR count). The molecular weight excluding hydrogens is 342 g/mol. The van der Waals surface area contributed by atoms with Gasteiger partial charge in [-0.25, -0.2) is 0 Å². The second kappa shape index (κ2) is 8.54. The minimum Gasteiger partial charge on any atom is -0.372 e. The molecular formula is C17H20BrN3O. The number of aromatic nitrogens is 1. The molecule has 4 nitrogen and oxygen atoms in total. The molecule has 0 aliphatic rings. The zero-order valence-electron chi connectivity index (χ0n) is 12.6. The molecule has 1 amide bonds. The largest absolute Gasteiger partial charge is 0.372 e. The van der Waals surface area contributed by atoms with Gasteiger partial charge in [-0.1, -0.05) is 18.2 Å². The lowest BCUT2D eigenvalue weighted by molar-refractivity contribution is 0.0953. The molecule has 0 unspecified atom stereocenters.